The largest absolute Gasteiger partial charge is 0.497 e. The zero-order valence-electron chi connectivity index (χ0n) is 14.0. The second kappa shape index (κ2) is 9.02. The van der Waals surface area contributed by atoms with Gasteiger partial charge in [-0.3, -0.25) is 9.79 Å². The Labute approximate surface area is 137 Å². The Morgan fingerprint density at radius 1 is 1.22 bits per heavy atom. The van der Waals surface area contributed by atoms with Crippen molar-refractivity contribution >= 4 is 11.9 Å². The van der Waals surface area contributed by atoms with Gasteiger partial charge in [0.2, 0.25) is 0 Å². The van der Waals surface area contributed by atoms with Gasteiger partial charge in [-0.15, -0.1) is 0 Å². The number of benzene rings is 1. The molecule has 2 N–H and O–H groups in total. The van der Waals surface area contributed by atoms with E-state index in [1.807, 2.05) is 0 Å². The quantitative estimate of drug-likeness (QED) is 0.474. The number of carbonyl (C=O) groups is 1. The van der Waals surface area contributed by atoms with Crippen LogP contribution in [0.2, 0.25) is 0 Å². The number of amides is 1. The summed E-state index contributed by atoms with van der Waals surface area (Å²) in [5, 5.41) is 6.20. The van der Waals surface area contributed by atoms with Gasteiger partial charge in [-0.05, 0) is 44.0 Å². The molecule has 1 aliphatic rings. The number of rotatable bonds is 6. The Morgan fingerprint density at radius 3 is 2.52 bits per heavy atom. The number of hydrogen-bond donors (Lipinski definition) is 2. The molecule has 1 aromatic carbocycles. The maximum Gasteiger partial charge on any atom is 0.251 e. The first-order valence-corrected chi connectivity index (χ1v) is 8.20. The van der Waals surface area contributed by atoms with Crippen LogP contribution in [0.1, 0.15) is 30.1 Å². The van der Waals surface area contributed by atoms with Crippen molar-refractivity contribution in [2.75, 3.05) is 39.8 Å². The molecule has 0 aliphatic carbocycles. The Balaban J connectivity index is 1.80. The molecule has 1 saturated heterocycles. The van der Waals surface area contributed by atoms with Crippen LogP contribution in [0.15, 0.2) is 29.3 Å². The monoisotopic (exact) mass is 318 g/mol. The summed E-state index contributed by atoms with van der Waals surface area (Å²) in [6.45, 7) is 6.13. The van der Waals surface area contributed by atoms with E-state index in [2.05, 4.69) is 27.4 Å². The molecule has 0 spiro atoms. The first-order chi connectivity index (χ1) is 11.2. The minimum absolute atomic E-state index is 0.0889. The molecule has 0 atom stereocenters. The molecule has 0 radical (unpaired) electrons. The summed E-state index contributed by atoms with van der Waals surface area (Å²) >= 11 is 0. The summed E-state index contributed by atoms with van der Waals surface area (Å²) in [4.78, 5) is 18.9. The minimum Gasteiger partial charge on any atom is -0.497 e. The van der Waals surface area contributed by atoms with Crippen molar-refractivity contribution < 1.29 is 9.53 Å². The smallest absolute Gasteiger partial charge is 0.251 e. The van der Waals surface area contributed by atoms with E-state index in [4.69, 9.17) is 4.74 Å². The van der Waals surface area contributed by atoms with Gasteiger partial charge in [0, 0.05) is 31.7 Å². The van der Waals surface area contributed by atoms with Crippen LogP contribution in [0.25, 0.3) is 0 Å². The fraction of sp³-hybridized carbons (Fsp3) is 0.529. The Hall–Kier alpha value is -2.24. The van der Waals surface area contributed by atoms with Crippen molar-refractivity contribution in [2.45, 2.75) is 19.8 Å². The van der Waals surface area contributed by atoms with E-state index in [0.29, 0.717) is 18.7 Å². The molecule has 0 unspecified atom stereocenters. The van der Waals surface area contributed by atoms with Crippen molar-refractivity contribution in [1.82, 2.24) is 15.5 Å². The summed E-state index contributed by atoms with van der Waals surface area (Å²) in [5.41, 5.74) is 0.626. The second-order valence-corrected chi connectivity index (χ2v) is 5.41. The number of nitrogens with one attached hydrogen (secondary N) is 2. The highest BCUT2D eigenvalue weighted by atomic mass is 16.5. The number of methoxy groups -OCH3 is 1. The van der Waals surface area contributed by atoms with Crippen molar-refractivity contribution in [1.29, 1.82) is 0 Å². The Kier molecular flexibility index (Phi) is 6.72. The zero-order chi connectivity index (χ0) is 16.5. The molecular formula is C17H26N4O2. The predicted octanol–water partition coefficient (Wildman–Crippen LogP) is 1.49. The van der Waals surface area contributed by atoms with E-state index in [9.17, 15) is 4.79 Å². The molecule has 126 valence electrons. The molecule has 23 heavy (non-hydrogen) atoms. The highest BCUT2D eigenvalue weighted by Gasteiger charge is 2.15. The summed E-state index contributed by atoms with van der Waals surface area (Å²) in [7, 11) is 1.61. The number of ether oxygens (including phenoxy) is 1. The molecule has 6 heteroatoms. The van der Waals surface area contributed by atoms with Crippen LogP contribution in [0, 0.1) is 0 Å². The topological polar surface area (TPSA) is 66.0 Å². The fourth-order valence-corrected chi connectivity index (χ4v) is 2.53. The lowest BCUT2D eigenvalue weighted by Crippen LogP contribution is -2.40. The van der Waals surface area contributed by atoms with Crippen LogP contribution in [0.3, 0.4) is 0 Å². The van der Waals surface area contributed by atoms with Gasteiger partial charge in [0.15, 0.2) is 5.96 Å². The average molecular weight is 318 g/mol. The molecule has 1 amide bonds. The van der Waals surface area contributed by atoms with Crippen LogP contribution in [0.4, 0.5) is 0 Å². The highest BCUT2D eigenvalue weighted by molar-refractivity contribution is 5.94. The maximum absolute atomic E-state index is 12.0. The zero-order valence-corrected chi connectivity index (χ0v) is 14.0. The third kappa shape index (κ3) is 5.16. The lowest BCUT2D eigenvalue weighted by Gasteiger charge is -2.20. The molecule has 0 saturated carbocycles. The third-order valence-corrected chi connectivity index (χ3v) is 3.75. The fourth-order valence-electron chi connectivity index (χ4n) is 2.53. The number of aliphatic imine (C=N–C) groups is 1. The lowest BCUT2D eigenvalue weighted by molar-refractivity contribution is 0.0954. The van der Waals surface area contributed by atoms with Gasteiger partial charge < -0.3 is 20.3 Å². The predicted molar refractivity (Wildman–Crippen MR) is 92.1 cm³/mol. The third-order valence-electron chi connectivity index (χ3n) is 3.75. The SMILES string of the molecule is CCNC(=NCCNC(=O)c1ccc(OC)cc1)N1CCCC1. The molecule has 1 heterocycles. The summed E-state index contributed by atoms with van der Waals surface area (Å²) in [6.07, 6.45) is 2.44. The second-order valence-electron chi connectivity index (χ2n) is 5.41. The van der Waals surface area contributed by atoms with Crippen molar-refractivity contribution in [3.8, 4) is 5.75 Å². The van der Waals surface area contributed by atoms with E-state index in [0.717, 1.165) is 31.3 Å². The van der Waals surface area contributed by atoms with Crippen LogP contribution in [0.5, 0.6) is 5.75 Å². The van der Waals surface area contributed by atoms with E-state index >= 15 is 0 Å². The first-order valence-electron chi connectivity index (χ1n) is 8.20. The van der Waals surface area contributed by atoms with Gasteiger partial charge in [0.25, 0.3) is 5.91 Å². The van der Waals surface area contributed by atoms with Gasteiger partial charge >= 0.3 is 0 Å². The number of carbonyl (C=O) groups excluding carboxylic acids is 1. The van der Waals surface area contributed by atoms with Crippen LogP contribution in [-0.2, 0) is 0 Å². The van der Waals surface area contributed by atoms with Crippen LogP contribution >= 0.6 is 0 Å². The van der Waals surface area contributed by atoms with E-state index < -0.39 is 0 Å². The van der Waals surface area contributed by atoms with Crippen LogP contribution in [-0.4, -0.2) is 56.6 Å². The molecule has 0 aromatic heterocycles. The molecule has 1 fully saturated rings. The number of nitrogens with zero attached hydrogens (tertiary/aromatic N) is 2. The number of hydrogen-bond acceptors (Lipinski definition) is 3. The molecule has 6 nitrogen and oxygen atoms in total. The van der Waals surface area contributed by atoms with Crippen LogP contribution < -0.4 is 15.4 Å². The normalized spacial score (nSPS) is 14.7. The summed E-state index contributed by atoms with van der Waals surface area (Å²) in [5.74, 6) is 1.60. The number of likely N-dealkylation sites (tertiary alicyclic amines) is 1. The molecule has 0 bridgehead atoms. The highest BCUT2D eigenvalue weighted by Crippen LogP contribution is 2.11. The lowest BCUT2D eigenvalue weighted by atomic mass is 10.2. The van der Waals surface area contributed by atoms with Gasteiger partial charge in [0.05, 0.1) is 13.7 Å². The molecule has 1 aliphatic heterocycles. The number of guanidine groups is 1. The Bertz CT molecular complexity index is 522. The Morgan fingerprint density at radius 2 is 1.91 bits per heavy atom. The van der Waals surface area contributed by atoms with Crippen molar-refractivity contribution in [3.63, 3.8) is 0 Å². The summed E-state index contributed by atoms with van der Waals surface area (Å²) < 4.78 is 5.08. The molecule has 1 aromatic rings. The van der Waals surface area contributed by atoms with E-state index in [1.54, 1.807) is 31.4 Å². The van der Waals surface area contributed by atoms with Gasteiger partial charge in [-0.2, -0.15) is 0 Å². The first kappa shape index (κ1) is 17.1. The van der Waals surface area contributed by atoms with Gasteiger partial charge in [-0.25, -0.2) is 0 Å². The van der Waals surface area contributed by atoms with Crippen molar-refractivity contribution in [3.05, 3.63) is 29.8 Å². The van der Waals surface area contributed by atoms with Crippen molar-refractivity contribution in [2.24, 2.45) is 4.99 Å². The van der Waals surface area contributed by atoms with Gasteiger partial charge in [-0.1, -0.05) is 0 Å². The average Bonchev–Trinajstić information content (AvgIpc) is 3.12. The van der Waals surface area contributed by atoms with E-state index in [-0.39, 0.29) is 5.91 Å². The minimum atomic E-state index is -0.0889. The van der Waals surface area contributed by atoms with Gasteiger partial charge in [0.1, 0.15) is 5.75 Å². The van der Waals surface area contributed by atoms with E-state index in [1.165, 1.54) is 12.8 Å². The maximum atomic E-state index is 12.0. The summed E-state index contributed by atoms with van der Waals surface area (Å²) in [6, 6.07) is 7.07. The molecule has 2 rings (SSSR count). The molecular weight excluding hydrogens is 292 g/mol. The standard InChI is InChI=1S/C17H26N4O2/c1-3-18-17(21-12-4-5-13-21)20-11-10-19-16(22)14-6-8-15(23-2)9-7-14/h6-9H,3-5,10-13H2,1-2H3,(H,18,20)(H,19,22).